The van der Waals surface area contributed by atoms with Crippen molar-refractivity contribution < 1.29 is 13.2 Å². The predicted octanol–water partition coefficient (Wildman–Crippen LogP) is 1.52. The minimum Gasteiger partial charge on any atom is -0.348 e. The molecule has 1 fully saturated rings. The van der Waals surface area contributed by atoms with E-state index >= 15 is 0 Å². The van der Waals surface area contributed by atoms with Crippen LogP contribution in [0.4, 0.5) is 5.69 Å². The summed E-state index contributed by atoms with van der Waals surface area (Å²) in [5.74, 6) is 0.136. The van der Waals surface area contributed by atoms with E-state index in [-0.39, 0.29) is 24.4 Å². The summed E-state index contributed by atoms with van der Waals surface area (Å²) in [4.78, 5) is 12.5. The molecule has 130 valence electrons. The van der Waals surface area contributed by atoms with E-state index < -0.39 is 10.0 Å². The Morgan fingerprint density at radius 2 is 2.04 bits per heavy atom. The van der Waals surface area contributed by atoms with Crippen LogP contribution in [0.15, 0.2) is 18.2 Å². The molecule has 0 saturated carbocycles. The highest BCUT2D eigenvalue weighted by Crippen LogP contribution is 2.20. The largest absolute Gasteiger partial charge is 0.348 e. The minimum atomic E-state index is -3.43. The maximum absolute atomic E-state index is 12.5. The van der Waals surface area contributed by atoms with Crippen LogP contribution in [0.3, 0.4) is 0 Å². The van der Waals surface area contributed by atoms with Crippen LogP contribution in [0.5, 0.6) is 0 Å². The van der Waals surface area contributed by atoms with E-state index in [9.17, 15) is 13.2 Å². The molecule has 1 aliphatic heterocycles. The molecule has 0 bridgehead atoms. The van der Waals surface area contributed by atoms with Crippen molar-refractivity contribution in [2.75, 3.05) is 24.1 Å². The topological polar surface area (TPSA) is 87.3 Å². The summed E-state index contributed by atoms with van der Waals surface area (Å²) in [7, 11) is -3.43. The number of nitrogens with one attached hydrogen (secondary N) is 3. The van der Waals surface area contributed by atoms with Crippen LogP contribution in [0.1, 0.15) is 29.3 Å². The second-order valence-corrected chi connectivity index (χ2v) is 7.72. The summed E-state index contributed by atoms with van der Waals surface area (Å²) in [6.45, 7) is 5.66. The summed E-state index contributed by atoms with van der Waals surface area (Å²) in [5.41, 5.74) is 1.56. The molecule has 1 aliphatic rings. The van der Waals surface area contributed by atoms with Crippen LogP contribution in [-0.4, -0.2) is 39.7 Å². The molecule has 6 nitrogen and oxygen atoms in total. The zero-order valence-corrected chi connectivity index (χ0v) is 15.2. The average Bonchev–Trinajstić information content (AvgIpc) is 2.42. The van der Waals surface area contributed by atoms with Gasteiger partial charge in [0.25, 0.3) is 5.91 Å². The number of amides is 1. The number of aryl methyl sites for hydroxylation is 1. The average molecular weight is 362 g/mol. The van der Waals surface area contributed by atoms with Gasteiger partial charge in [0.05, 0.1) is 17.5 Å². The summed E-state index contributed by atoms with van der Waals surface area (Å²) in [6, 6.07) is 5.14. The molecule has 23 heavy (non-hydrogen) atoms. The van der Waals surface area contributed by atoms with Gasteiger partial charge in [0, 0.05) is 12.6 Å². The molecule has 0 aromatic heterocycles. The summed E-state index contributed by atoms with van der Waals surface area (Å²) in [6.07, 6.45) is 2.08. The Morgan fingerprint density at radius 1 is 1.35 bits per heavy atom. The Hall–Kier alpha value is -1.31. The molecule has 0 radical (unpaired) electrons. The van der Waals surface area contributed by atoms with Crippen molar-refractivity contribution in [1.82, 2.24) is 10.6 Å². The third-order valence-electron chi connectivity index (χ3n) is 3.86. The van der Waals surface area contributed by atoms with E-state index in [0.717, 1.165) is 31.3 Å². The van der Waals surface area contributed by atoms with Gasteiger partial charge in [-0.1, -0.05) is 18.6 Å². The number of carbonyl (C=O) groups is 1. The zero-order chi connectivity index (χ0) is 16.3. The van der Waals surface area contributed by atoms with Gasteiger partial charge in [0.15, 0.2) is 0 Å². The van der Waals surface area contributed by atoms with Crippen LogP contribution >= 0.6 is 12.4 Å². The maximum Gasteiger partial charge on any atom is 0.253 e. The Labute approximate surface area is 143 Å². The Morgan fingerprint density at radius 3 is 2.65 bits per heavy atom. The number of hydrogen-bond acceptors (Lipinski definition) is 4. The quantitative estimate of drug-likeness (QED) is 0.758. The highest BCUT2D eigenvalue weighted by Gasteiger charge is 2.24. The van der Waals surface area contributed by atoms with Gasteiger partial charge >= 0.3 is 0 Å². The summed E-state index contributed by atoms with van der Waals surface area (Å²) < 4.78 is 25.3. The van der Waals surface area contributed by atoms with E-state index in [1.807, 2.05) is 6.92 Å². The third kappa shape index (κ3) is 5.67. The SMILES string of the molecule is Cc1ccc(NS(C)(=O)=O)c(C(=O)NC2CNCCC2C)c1.Cl. The van der Waals surface area contributed by atoms with Gasteiger partial charge in [-0.3, -0.25) is 9.52 Å². The first-order valence-corrected chi connectivity index (χ1v) is 9.25. The van der Waals surface area contributed by atoms with Crippen molar-refractivity contribution in [1.29, 1.82) is 0 Å². The Bertz CT molecular complexity index is 664. The molecule has 2 rings (SSSR count). The number of halogens is 1. The Balaban J connectivity index is 0.00000264. The van der Waals surface area contributed by atoms with Crippen LogP contribution in [0.2, 0.25) is 0 Å². The highest BCUT2D eigenvalue weighted by molar-refractivity contribution is 7.92. The van der Waals surface area contributed by atoms with Crippen LogP contribution in [0, 0.1) is 12.8 Å². The molecule has 1 aromatic rings. The lowest BCUT2D eigenvalue weighted by molar-refractivity contribution is 0.0916. The number of rotatable bonds is 4. The van der Waals surface area contributed by atoms with Crippen molar-refractivity contribution in [3.8, 4) is 0 Å². The highest BCUT2D eigenvalue weighted by atomic mass is 35.5. The molecular weight excluding hydrogens is 338 g/mol. The summed E-state index contributed by atoms with van der Waals surface area (Å²) >= 11 is 0. The number of hydrogen-bond donors (Lipinski definition) is 3. The van der Waals surface area contributed by atoms with Gasteiger partial charge in [0.2, 0.25) is 10.0 Å². The van der Waals surface area contributed by atoms with Gasteiger partial charge < -0.3 is 10.6 Å². The third-order valence-corrected chi connectivity index (χ3v) is 4.45. The van der Waals surface area contributed by atoms with Crippen molar-refractivity contribution in [2.24, 2.45) is 5.92 Å². The number of anilines is 1. The van der Waals surface area contributed by atoms with Gasteiger partial charge in [-0.2, -0.15) is 0 Å². The smallest absolute Gasteiger partial charge is 0.253 e. The lowest BCUT2D eigenvalue weighted by Gasteiger charge is -2.30. The Kier molecular flexibility index (Phi) is 6.85. The van der Waals surface area contributed by atoms with Crippen LogP contribution in [-0.2, 0) is 10.0 Å². The van der Waals surface area contributed by atoms with E-state index in [1.165, 1.54) is 0 Å². The molecule has 1 amide bonds. The normalized spacial score (nSPS) is 21.2. The maximum atomic E-state index is 12.5. The molecule has 2 atom stereocenters. The predicted molar refractivity (Wildman–Crippen MR) is 94.8 cm³/mol. The molecular formula is C15H24ClN3O3S. The van der Waals surface area contributed by atoms with Crippen LogP contribution in [0.25, 0.3) is 0 Å². The molecule has 2 unspecified atom stereocenters. The molecule has 1 aromatic carbocycles. The second-order valence-electron chi connectivity index (χ2n) is 5.97. The second kappa shape index (κ2) is 7.99. The zero-order valence-electron chi connectivity index (χ0n) is 13.5. The fourth-order valence-electron chi connectivity index (χ4n) is 2.56. The standard InChI is InChI=1S/C15H23N3O3S.ClH/c1-10-4-5-13(18-22(3,20)21)12(8-10)15(19)17-14-9-16-7-6-11(14)2;/h4-5,8,11,14,16,18H,6-7,9H2,1-3H3,(H,17,19);1H. The molecule has 1 heterocycles. The van der Waals surface area contributed by atoms with Gasteiger partial charge in [-0.05, 0) is 37.9 Å². The van der Waals surface area contributed by atoms with E-state index in [4.69, 9.17) is 0 Å². The van der Waals surface area contributed by atoms with Crippen molar-refractivity contribution >= 4 is 34.0 Å². The monoisotopic (exact) mass is 361 g/mol. The first-order chi connectivity index (χ1) is 10.3. The van der Waals surface area contributed by atoms with E-state index in [2.05, 4.69) is 22.3 Å². The van der Waals surface area contributed by atoms with E-state index in [1.54, 1.807) is 18.2 Å². The first-order valence-electron chi connectivity index (χ1n) is 7.36. The van der Waals surface area contributed by atoms with Gasteiger partial charge in [0.1, 0.15) is 0 Å². The van der Waals surface area contributed by atoms with Crippen molar-refractivity contribution in [3.05, 3.63) is 29.3 Å². The van der Waals surface area contributed by atoms with Crippen LogP contribution < -0.4 is 15.4 Å². The fourth-order valence-corrected chi connectivity index (χ4v) is 3.14. The van der Waals surface area contributed by atoms with E-state index in [0.29, 0.717) is 17.2 Å². The van der Waals surface area contributed by atoms with Gasteiger partial charge in [-0.25, -0.2) is 8.42 Å². The number of sulfonamides is 1. The number of piperidine rings is 1. The number of carbonyl (C=O) groups excluding carboxylic acids is 1. The van der Waals surface area contributed by atoms with Gasteiger partial charge in [-0.15, -0.1) is 12.4 Å². The lowest BCUT2D eigenvalue weighted by atomic mass is 9.94. The molecule has 0 spiro atoms. The fraction of sp³-hybridized carbons (Fsp3) is 0.533. The number of benzene rings is 1. The molecule has 8 heteroatoms. The first kappa shape index (κ1) is 19.7. The van der Waals surface area contributed by atoms with Crippen molar-refractivity contribution in [2.45, 2.75) is 26.3 Å². The lowest BCUT2D eigenvalue weighted by Crippen LogP contribution is -2.50. The molecule has 1 saturated heterocycles. The van der Waals surface area contributed by atoms with Crippen molar-refractivity contribution in [3.63, 3.8) is 0 Å². The summed E-state index contributed by atoms with van der Waals surface area (Å²) in [5, 5.41) is 6.26. The molecule has 0 aliphatic carbocycles. The molecule has 3 N–H and O–H groups in total. The minimum absolute atomic E-state index is 0.